The van der Waals surface area contributed by atoms with Crippen molar-refractivity contribution in [2.45, 2.75) is 32.9 Å². The summed E-state index contributed by atoms with van der Waals surface area (Å²) in [5, 5.41) is 16.7. The lowest BCUT2D eigenvalue weighted by molar-refractivity contribution is -0.141. The highest BCUT2D eigenvalue weighted by atomic mass is 32.1. The molecule has 19 heavy (non-hydrogen) atoms. The van der Waals surface area contributed by atoms with Gasteiger partial charge in [-0.1, -0.05) is 19.9 Å². The third-order valence-corrected chi connectivity index (χ3v) is 3.69. The van der Waals surface area contributed by atoms with E-state index in [0.717, 1.165) is 0 Å². The number of amides is 1. The average Bonchev–Trinajstić information content (AvgIpc) is 2.80. The third kappa shape index (κ3) is 5.00. The molecule has 2 unspecified atom stereocenters. The molecule has 0 aliphatic heterocycles. The SMILES string of the molecule is CC(=O)NC(CNC(c1cccs1)C(C)C)C(=O)O. The van der Waals surface area contributed by atoms with Gasteiger partial charge in [0.1, 0.15) is 6.04 Å². The van der Waals surface area contributed by atoms with Crippen LogP contribution in [0.5, 0.6) is 0 Å². The van der Waals surface area contributed by atoms with Gasteiger partial charge in [0.15, 0.2) is 0 Å². The minimum absolute atomic E-state index is 0.0932. The Kier molecular flexibility index (Phi) is 5.98. The highest BCUT2D eigenvalue weighted by molar-refractivity contribution is 7.10. The Morgan fingerprint density at radius 2 is 2.11 bits per heavy atom. The van der Waals surface area contributed by atoms with Crippen LogP contribution in [0, 0.1) is 5.92 Å². The summed E-state index contributed by atoms with van der Waals surface area (Å²) in [6.07, 6.45) is 0. The number of hydrogen-bond donors (Lipinski definition) is 3. The van der Waals surface area contributed by atoms with Gasteiger partial charge in [0.25, 0.3) is 0 Å². The Hall–Kier alpha value is -1.40. The minimum atomic E-state index is -1.03. The van der Waals surface area contributed by atoms with E-state index in [4.69, 9.17) is 5.11 Å². The Labute approximate surface area is 117 Å². The first kappa shape index (κ1) is 15.7. The first-order valence-corrected chi connectivity index (χ1v) is 7.06. The fourth-order valence-corrected chi connectivity index (χ4v) is 2.80. The molecular weight excluding hydrogens is 264 g/mol. The number of rotatable bonds is 7. The first-order valence-electron chi connectivity index (χ1n) is 6.18. The molecule has 106 valence electrons. The number of thiophene rings is 1. The topological polar surface area (TPSA) is 78.4 Å². The molecule has 5 nitrogen and oxygen atoms in total. The summed E-state index contributed by atoms with van der Waals surface area (Å²) in [5.41, 5.74) is 0. The van der Waals surface area contributed by atoms with Crippen molar-refractivity contribution in [2.75, 3.05) is 6.54 Å². The summed E-state index contributed by atoms with van der Waals surface area (Å²) < 4.78 is 0. The molecule has 0 fully saturated rings. The Bertz CT molecular complexity index is 418. The maximum absolute atomic E-state index is 11.1. The van der Waals surface area contributed by atoms with Gasteiger partial charge >= 0.3 is 5.97 Å². The van der Waals surface area contributed by atoms with E-state index >= 15 is 0 Å². The monoisotopic (exact) mass is 284 g/mol. The molecule has 0 radical (unpaired) electrons. The van der Waals surface area contributed by atoms with Crippen molar-refractivity contribution in [2.24, 2.45) is 5.92 Å². The third-order valence-electron chi connectivity index (χ3n) is 2.73. The molecule has 2 atom stereocenters. The van der Waals surface area contributed by atoms with Crippen LogP contribution in [0.2, 0.25) is 0 Å². The van der Waals surface area contributed by atoms with Gasteiger partial charge in [0.05, 0.1) is 0 Å². The Morgan fingerprint density at radius 1 is 1.42 bits per heavy atom. The predicted molar refractivity (Wildman–Crippen MR) is 75.1 cm³/mol. The number of carbonyl (C=O) groups excluding carboxylic acids is 1. The van der Waals surface area contributed by atoms with Gasteiger partial charge in [-0.25, -0.2) is 4.79 Å². The van der Waals surface area contributed by atoms with E-state index in [-0.39, 0.29) is 18.5 Å². The van der Waals surface area contributed by atoms with E-state index in [0.29, 0.717) is 5.92 Å². The smallest absolute Gasteiger partial charge is 0.327 e. The van der Waals surface area contributed by atoms with E-state index < -0.39 is 12.0 Å². The lowest BCUT2D eigenvalue weighted by Crippen LogP contribution is -2.47. The molecule has 1 aromatic heterocycles. The quantitative estimate of drug-likeness (QED) is 0.711. The number of hydrogen-bond acceptors (Lipinski definition) is 4. The standard InChI is InChI=1S/C13H20N2O3S/c1-8(2)12(11-5-4-6-19-11)14-7-10(13(17)18)15-9(3)16/h4-6,8,10,12,14H,7H2,1-3H3,(H,15,16)(H,17,18). The van der Waals surface area contributed by atoms with Crippen molar-refractivity contribution in [3.8, 4) is 0 Å². The minimum Gasteiger partial charge on any atom is -0.480 e. The lowest BCUT2D eigenvalue weighted by atomic mass is 10.0. The second-order valence-electron chi connectivity index (χ2n) is 4.74. The van der Waals surface area contributed by atoms with Crippen molar-refractivity contribution < 1.29 is 14.7 Å². The van der Waals surface area contributed by atoms with Crippen molar-refractivity contribution in [3.63, 3.8) is 0 Å². The van der Waals surface area contributed by atoms with E-state index in [1.165, 1.54) is 11.8 Å². The van der Waals surface area contributed by atoms with E-state index in [2.05, 4.69) is 24.5 Å². The van der Waals surface area contributed by atoms with Gasteiger partial charge in [-0.15, -0.1) is 11.3 Å². The fraction of sp³-hybridized carbons (Fsp3) is 0.538. The highest BCUT2D eigenvalue weighted by Gasteiger charge is 2.22. The zero-order valence-corrected chi connectivity index (χ0v) is 12.2. The summed E-state index contributed by atoms with van der Waals surface area (Å²) in [4.78, 5) is 23.2. The molecule has 0 aliphatic carbocycles. The van der Waals surface area contributed by atoms with Crippen LogP contribution < -0.4 is 10.6 Å². The van der Waals surface area contributed by atoms with Crippen molar-refractivity contribution in [3.05, 3.63) is 22.4 Å². The number of carbonyl (C=O) groups is 2. The number of carboxylic acids is 1. The van der Waals surface area contributed by atoms with Crippen molar-refractivity contribution in [1.29, 1.82) is 0 Å². The van der Waals surface area contributed by atoms with E-state index in [9.17, 15) is 9.59 Å². The normalized spacial score (nSPS) is 14.1. The fourth-order valence-electron chi connectivity index (χ4n) is 1.82. The van der Waals surface area contributed by atoms with Gasteiger partial charge < -0.3 is 15.7 Å². The molecule has 1 aromatic rings. The summed E-state index contributed by atoms with van der Waals surface area (Å²) in [7, 11) is 0. The summed E-state index contributed by atoms with van der Waals surface area (Å²) in [6.45, 7) is 5.67. The first-order chi connectivity index (χ1) is 8.91. The zero-order valence-electron chi connectivity index (χ0n) is 11.3. The zero-order chi connectivity index (χ0) is 14.4. The molecule has 3 N–H and O–H groups in total. The summed E-state index contributed by atoms with van der Waals surface area (Å²) in [5.74, 6) is -1.03. The molecule has 1 amide bonds. The second kappa shape index (κ2) is 7.25. The van der Waals surface area contributed by atoms with Crippen molar-refractivity contribution in [1.82, 2.24) is 10.6 Å². The molecule has 0 spiro atoms. The van der Waals surface area contributed by atoms with Crippen LogP contribution in [-0.2, 0) is 9.59 Å². The second-order valence-corrected chi connectivity index (χ2v) is 5.72. The molecule has 0 aliphatic rings. The molecule has 0 aromatic carbocycles. The van der Waals surface area contributed by atoms with E-state index in [1.807, 2.05) is 17.5 Å². The number of carboxylic acid groups (broad SMARTS) is 1. The molecule has 1 rings (SSSR count). The molecule has 0 saturated carbocycles. The van der Waals surface area contributed by atoms with Gasteiger partial charge in [0.2, 0.25) is 5.91 Å². The molecule has 1 heterocycles. The number of nitrogens with one attached hydrogen (secondary N) is 2. The summed E-state index contributed by atoms with van der Waals surface area (Å²) in [6, 6.07) is 3.19. The Morgan fingerprint density at radius 3 is 2.53 bits per heavy atom. The van der Waals surface area contributed by atoms with Crippen LogP contribution in [0.4, 0.5) is 0 Å². The Balaban J connectivity index is 2.64. The van der Waals surface area contributed by atoms with Crippen LogP contribution in [0.3, 0.4) is 0 Å². The molecule has 0 saturated heterocycles. The highest BCUT2D eigenvalue weighted by Crippen LogP contribution is 2.25. The van der Waals surface area contributed by atoms with E-state index in [1.54, 1.807) is 11.3 Å². The summed E-state index contributed by atoms with van der Waals surface area (Å²) >= 11 is 1.64. The largest absolute Gasteiger partial charge is 0.480 e. The number of aliphatic carboxylic acids is 1. The van der Waals surface area contributed by atoms with Gasteiger partial charge in [-0.3, -0.25) is 4.79 Å². The predicted octanol–water partition coefficient (Wildman–Crippen LogP) is 1.62. The maximum atomic E-state index is 11.1. The van der Waals surface area contributed by atoms with Crippen LogP contribution >= 0.6 is 11.3 Å². The van der Waals surface area contributed by atoms with Crippen LogP contribution in [-0.4, -0.2) is 29.6 Å². The maximum Gasteiger partial charge on any atom is 0.327 e. The van der Waals surface area contributed by atoms with Crippen LogP contribution in [0.25, 0.3) is 0 Å². The molecule has 6 heteroatoms. The van der Waals surface area contributed by atoms with Crippen molar-refractivity contribution >= 4 is 23.2 Å². The molecule has 0 bridgehead atoms. The van der Waals surface area contributed by atoms with Crippen LogP contribution in [0.15, 0.2) is 17.5 Å². The lowest BCUT2D eigenvalue weighted by Gasteiger charge is -2.23. The van der Waals surface area contributed by atoms with Crippen LogP contribution in [0.1, 0.15) is 31.7 Å². The van der Waals surface area contributed by atoms with Gasteiger partial charge in [-0.05, 0) is 17.4 Å². The molecular formula is C13H20N2O3S. The van der Waals surface area contributed by atoms with Gasteiger partial charge in [0, 0.05) is 24.4 Å². The average molecular weight is 284 g/mol. The van der Waals surface area contributed by atoms with Gasteiger partial charge in [-0.2, -0.15) is 0 Å².